The first-order chi connectivity index (χ1) is 18.9. The van der Waals surface area contributed by atoms with Gasteiger partial charge in [-0.15, -0.1) is 0 Å². The molecule has 0 radical (unpaired) electrons. The molecule has 0 bridgehead atoms. The number of nitrogens with zero attached hydrogens (tertiary/aromatic N) is 2. The van der Waals surface area contributed by atoms with Crippen molar-refractivity contribution in [2.75, 3.05) is 19.0 Å². The molecule has 4 atom stereocenters. The Morgan fingerprint density at radius 2 is 1.59 bits per heavy atom. The van der Waals surface area contributed by atoms with Gasteiger partial charge >= 0.3 is 11.8 Å². The van der Waals surface area contributed by atoms with E-state index in [-0.39, 0.29) is 16.7 Å². The summed E-state index contributed by atoms with van der Waals surface area (Å²) in [6.07, 6.45) is -2.50. The number of anilines is 2. The molecule has 10 nitrogen and oxygen atoms in total. The molecule has 3 rings (SSSR count). The Kier molecular flexibility index (Phi) is 9.96. The lowest BCUT2D eigenvalue weighted by Crippen LogP contribution is -2.51. The van der Waals surface area contributed by atoms with Gasteiger partial charge in [0.2, 0.25) is 0 Å². The highest BCUT2D eigenvalue weighted by Crippen LogP contribution is 2.43. The van der Waals surface area contributed by atoms with Crippen LogP contribution < -0.4 is 11.0 Å². The number of benzene rings is 1. The molecule has 1 aliphatic heterocycles. The number of aromatic nitrogens is 2. The Balaban J connectivity index is 2.02. The van der Waals surface area contributed by atoms with Gasteiger partial charge in [0, 0.05) is 11.9 Å². The van der Waals surface area contributed by atoms with E-state index in [0.29, 0.717) is 5.82 Å². The summed E-state index contributed by atoms with van der Waals surface area (Å²) in [6, 6.07) is 11.2. The van der Waals surface area contributed by atoms with E-state index in [1.54, 1.807) is 12.3 Å². The van der Waals surface area contributed by atoms with Crippen LogP contribution in [0.1, 0.15) is 47.8 Å². The highest BCUT2D eigenvalue weighted by Gasteiger charge is 2.54. The lowest BCUT2D eigenvalue weighted by molar-refractivity contribution is -0.0548. The number of carbonyl (C=O) groups is 1. The van der Waals surface area contributed by atoms with Crippen molar-refractivity contribution in [2.45, 2.75) is 102 Å². The van der Waals surface area contributed by atoms with Crippen molar-refractivity contribution in [3.8, 4) is 0 Å². The minimum Gasteiger partial charge on any atom is -0.438 e. The van der Waals surface area contributed by atoms with Gasteiger partial charge in [0.25, 0.3) is 0 Å². The number of ether oxygens (including phenoxy) is 3. The standard InChI is InChI=1S/C29H47N3O7Si2/c1-28(2,3)40(8,9)36-19-21-23(38-27(34)35-7)24(39-41(10,11)29(4,5)6)25(37-21)32-18-17-22(31-26(32)33)30-20-15-13-12-14-16-20/h12-18,21,23-25H,19H2,1-11H3,(H,30,31,33)/t21-,23-,24-,25-/m1/s1. The van der Waals surface area contributed by atoms with Crippen LogP contribution in [0.5, 0.6) is 0 Å². The first-order valence-electron chi connectivity index (χ1n) is 14.0. The van der Waals surface area contributed by atoms with Crippen LogP contribution in [0.3, 0.4) is 0 Å². The average molecular weight is 606 g/mol. The zero-order valence-electron chi connectivity index (χ0n) is 26.3. The zero-order chi connectivity index (χ0) is 30.8. The van der Waals surface area contributed by atoms with Gasteiger partial charge in [-0.25, -0.2) is 9.59 Å². The SMILES string of the molecule is COC(=O)O[C@H]1[C@@H](O[Si](C)(C)C(C)(C)C)[C@H](n2ccc(Nc3ccccc3)nc2=O)O[C@@H]1CO[Si](C)(C)C(C)(C)C. The van der Waals surface area contributed by atoms with Gasteiger partial charge in [-0.1, -0.05) is 59.7 Å². The van der Waals surface area contributed by atoms with E-state index in [4.69, 9.17) is 23.1 Å². The molecule has 0 unspecified atom stereocenters. The summed E-state index contributed by atoms with van der Waals surface area (Å²) in [5, 5.41) is 2.95. The Morgan fingerprint density at radius 1 is 0.976 bits per heavy atom. The molecular formula is C29H47N3O7Si2. The summed E-state index contributed by atoms with van der Waals surface area (Å²) >= 11 is 0. The molecule has 228 valence electrons. The van der Waals surface area contributed by atoms with Crippen molar-refractivity contribution in [2.24, 2.45) is 0 Å². The number of rotatable bonds is 9. The Morgan fingerprint density at radius 3 is 2.12 bits per heavy atom. The van der Waals surface area contributed by atoms with Crippen LogP contribution in [0.25, 0.3) is 0 Å². The van der Waals surface area contributed by atoms with Crippen LogP contribution in [-0.2, 0) is 23.1 Å². The van der Waals surface area contributed by atoms with Gasteiger partial charge < -0.3 is 28.4 Å². The van der Waals surface area contributed by atoms with Crippen molar-refractivity contribution in [1.82, 2.24) is 9.55 Å². The lowest BCUT2D eigenvalue weighted by atomic mass is 10.1. The predicted molar refractivity (Wildman–Crippen MR) is 165 cm³/mol. The molecule has 0 aliphatic carbocycles. The maximum absolute atomic E-state index is 13.4. The quantitative estimate of drug-likeness (QED) is 0.255. The molecule has 2 heterocycles. The summed E-state index contributed by atoms with van der Waals surface area (Å²) in [6.45, 7) is 21.5. The van der Waals surface area contributed by atoms with E-state index in [9.17, 15) is 9.59 Å². The minimum absolute atomic E-state index is 0.0385. The number of carbonyl (C=O) groups excluding carboxylic acids is 1. The van der Waals surface area contributed by atoms with Gasteiger partial charge in [0.05, 0.1) is 13.7 Å². The summed E-state index contributed by atoms with van der Waals surface area (Å²) in [5.41, 5.74) is 0.283. The van der Waals surface area contributed by atoms with Gasteiger partial charge in [0.15, 0.2) is 29.0 Å². The molecule has 1 N–H and O–H groups in total. The predicted octanol–water partition coefficient (Wildman–Crippen LogP) is 6.45. The van der Waals surface area contributed by atoms with Crippen molar-refractivity contribution in [3.05, 3.63) is 53.1 Å². The van der Waals surface area contributed by atoms with Crippen LogP contribution in [0, 0.1) is 0 Å². The molecule has 0 amide bonds. The summed E-state index contributed by atoms with van der Waals surface area (Å²) in [4.78, 5) is 30.1. The second-order valence-electron chi connectivity index (χ2n) is 13.5. The molecule has 1 fully saturated rings. The first kappa shape index (κ1) is 33.0. The first-order valence-corrected chi connectivity index (χ1v) is 19.8. The third-order valence-corrected chi connectivity index (χ3v) is 17.5. The van der Waals surface area contributed by atoms with Crippen LogP contribution in [0.4, 0.5) is 16.3 Å². The molecule has 1 aromatic heterocycles. The van der Waals surface area contributed by atoms with E-state index in [2.05, 4.69) is 78.0 Å². The van der Waals surface area contributed by atoms with Gasteiger partial charge in [0.1, 0.15) is 18.0 Å². The number of hydrogen-bond acceptors (Lipinski definition) is 9. The van der Waals surface area contributed by atoms with E-state index >= 15 is 0 Å². The normalized spacial score (nSPS) is 21.9. The largest absolute Gasteiger partial charge is 0.508 e. The Hall–Kier alpha value is -2.52. The van der Waals surface area contributed by atoms with E-state index in [1.165, 1.54) is 11.7 Å². The zero-order valence-corrected chi connectivity index (χ0v) is 28.3. The summed E-state index contributed by atoms with van der Waals surface area (Å²) in [7, 11) is -3.36. The van der Waals surface area contributed by atoms with E-state index in [1.807, 2.05) is 30.3 Å². The van der Waals surface area contributed by atoms with Gasteiger partial charge in [-0.2, -0.15) is 4.98 Å². The molecule has 41 heavy (non-hydrogen) atoms. The fraction of sp³-hybridized carbons (Fsp3) is 0.621. The topological polar surface area (TPSA) is 110 Å². The van der Waals surface area contributed by atoms with Crippen molar-refractivity contribution in [3.63, 3.8) is 0 Å². The molecular weight excluding hydrogens is 559 g/mol. The summed E-state index contributed by atoms with van der Waals surface area (Å²) < 4.78 is 31.9. The van der Waals surface area contributed by atoms with Crippen LogP contribution in [-0.4, -0.2) is 64.4 Å². The molecule has 1 aromatic carbocycles. The number of methoxy groups -OCH3 is 1. The minimum atomic E-state index is -2.44. The van der Waals surface area contributed by atoms with Crippen LogP contribution in [0.2, 0.25) is 36.3 Å². The number of para-hydroxylation sites is 1. The number of hydrogen-bond donors (Lipinski definition) is 1. The second kappa shape index (κ2) is 12.4. The summed E-state index contributed by atoms with van der Waals surface area (Å²) in [5.74, 6) is 0.400. The smallest absolute Gasteiger partial charge is 0.438 e. The fourth-order valence-electron chi connectivity index (χ4n) is 3.86. The highest BCUT2D eigenvalue weighted by molar-refractivity contribution is 6.74. The van der Waals surface area contributed by atoms with E-state index in [0.717, 1.165) is 5.69 Å². The fourth-order valence-corrected chi connectivity index (χ4v) is 6.16. The third-order valence-electron chi connectivity index (χ3n) is 8.49. The maximum Gasteiger partial charge on any atom is 0.508 e. The molecule has 0 saturated carbocycles. The maximum atomic E-state index is 13.4. The second-order valence-corrected chi connectivity index (χ2v) is 23.1. The Labute approximate surface area is 246 Å². The lowest BCUT2D eigenvalue weighted by Gasteiger charge is -2.40. The van der Waals surface area contributed by atoms with Crippen LogP contribution in [0.15, 0.2) is 47.4 Å². The van der Waals surface area contributed by atoms with E-state index < -0.39 is 53.0 Å². The number of nitrogens with one attached hydrogen (secondary N) is 1. The average Bonchev–Trinajstić information content (AvgIpc) is 3.18. The third kappa shape index (κ3) is 7.86. The van der Waals surface area contributed by atoms with Crippen LogP contribution >= 0.6 is 0 Å². The van der Waals surface area contributed by atoms with Gasteiger partial charge in [-0.3, -0.25) is 4.57 Å². The molecule has 1 saturated heterocycles. The van der Waals surface area contributed by atoms with Crippen molar-refractivity contribution >= 4 is 34.3 Å². The van der Waals surface area contributed by atoms with Gasteiger partial charge in [-0.05, 0) is 54.5 Å². The van der Waals surface area contributed by atoms with Crippen molar-refractivity contribution < 1.29 is 27.9 Å². The van der Waals surface area contributed by atoms with Crippen molar-refractivity contribution in [1.29, 1.82) is 0 Å². The Bertz CT molecular complexity index is 1240. The molecule has 12 heteroatoms. The molecule has 0 spiro atoms. The monoisotopic (exact) mass is 605 g/mol. The molecule has 2 aromatic rings. The highest BCUT2D eigenvalue weighted by atomic mass is 28.4. The molecule has 1 aliphatic rings.